The molecule has 3 aliphatic rings. The van der Waals surface area contributed by atoms with Crippen molar-refractivity contribution < 1.29 is 19.1 Å². The summed E-state index contributed by atoms with van der Waals surface area (Å²) in [5, 5.41) is 0. The zero-order chi connectivity index (χ0) is 23.8. The third-order valence-corrected chi connectivity index (χ3v) is 7.64. The number of carbonyl (C=O) groups is 2. The molecule has 1 aliphatic carbocycles. The van der Waals surface area contributed by atoms with Crippen LogP contribution in [-0.4, -0.2) is 44.2 Å². The number of rotatable bonds is 5. The van der Waals surface area contributed by atoms with E-state index in [9.17, 15) is 9.59 Å². The topological polar surface area (TPSA) is 71.4 Å². The lowest BCUT2D eigenvalue weighted by Gasteiger charge is -2.35. The van der Waals surface area contributed by atoms with Crippen LogP contribution in [0.15, 0.2) is 40.9 Å². The second-order valence-corrected chi connectivity index (χ2v) is 10.1. The molecule has 0 unspecified atom stereocenters. The summed E-state index contributed by atoms with van der Waals surface area (Å²) in [4.78, 5) is 36.9. The normalized spacial score (nSPS) is 17.9. The fourth-order valence-electron chi connectivity index (χ4n) is 5.10. The van der Waals surface area contributed by atoms with E-state index in [0.29, 0.717) is 23.8 Å². The minimum absolute atomic E-state index is 0.262. The van der Waals surface area contributed by atoms with Crippen molar-refractivity contribution in [3.05, 3.63) is 51.2 Å². The standard InChI is InChI=1S/C26H29N3O4S/c1-4-33-25(31)19-15-27-26-28(18-8-6-5-7-9-18)20-12-11-17(24(30)32-3)14-21(20)29(26)23(19)22-13-10-16(2)34-22/h10-14,18H,4-9,15H2,1-3H3. The van der Waals surface area contributed by atoms with Crippen LogP contribution in [0.3, 0.4) is 0 Å². The number of fused-ring (bicyclic) bond motifs is 3. The molecule has 2 aliphatic heterocycles. The first-order valence-electron chi connectivity index (χ1n) is 11.9. The molecule has 8 heteroatoms. The van der Waals surface area contributed by atoms with E-state index < -0.39 is 5.97 Å². The molecule has 5 rings (SSSR count). The second-order valence-electron chi connectivity index (χ2n) is 8.77. The third-order valence-electron chi connectivity index (χ3n) is 6.64. The van der Waals surface area contributed by atoms with Crippen molar-refractivity contribution in [3.63, 3.8) is 0 Å². The molecule has 7 nitrogen and oxygen atoms in total. The van der Waals surface area contributed by atoms with Crippen molar-refractivity contribution >= 4 is 46.3 Å². The number of hydrogen-bond acceptors (Lipinski definition) is 8. The molecular weight excluding hydrogens is 450 g/mol. The molecule has 0 spiro atoms. The molecule has 0 N–H and O–H groups in total. The van der Waals surface area contributed by atoms with Crippen LogP contribution < -0.4 is 9.80 Å². The van der Waals surface area contributed by atoms with Gasteiger partial charge in [0.25, 0.3) is 0 Å². The summed E-state index contributed by atoms with van der Waals surface area (Å²) < 4.78 is 10.4. The zero-order valence-corrected chi connectivity index (χ0v) is 20.6. The van der Waals surface area contributed by atoms with Gasteiger partial charge in [-0.05, 0) is 57.0 Å². The Bertz CT molecular complexity index is 1190. The highest BCUT2D eigenvalue weighted by atomic mass is 32.1. The number of aliphatic imine (C=N–C) groups is 1. The minimum atomic E-state index is -0.391. The van der Waals surface area contributed by atoms with Crippen LogP contribution in [0, 0.1) is 6.92 Å². The smallest absolute Gasteiger partial charge is 0.338 e. The van der Waals surface area contributed by atoms with Crippen LogP contribution in [0.5, 0.6) is 0 Å². The number of ether oxygens (including phenoxy) is 2. The molecule has 3 heterocycles. The number of aryl methyl sites for hydroxylation is 1. The number of methoxy groups -OCH3 is 1. The number of nitrogens with zero attached hydrogens (tertiary/aromatic N) is 3. The number of carbonyl (C=O) groups excluding carboxylic acids is 2. The molecule has 1 saturated carbocycles. The highest BCUT2D eigenvalue weighted by Crippen LogP contribution is 2.48. The van der Waals surface area contributed by atoms with Crippen molar-refractivity contribution in [2.45, 2.75) is 52.0 Å². The first kappa shape index (κ1) is 22.7. The van der Waals surface area contributed by atoms with E-state index in [-0.39, 0.29) is 12.5 Å². The van der Waals surface area contributed by atoms with E-state index in [4.69, 9.17) is 14.5 Å². The summed E-state index contributed by atoms with van der Waals surface area (Å²) in [6, 6.07) is 10.1. The van der Waals surface area contributed by atoms with Gasteiger partial charge in [0.2, 0.25) is 5.96 Å². The lowest BCUT2D eigenvalue weighted by atomic mass is 9.94. The molecule has 0 amide bonds. The van der Waals surface area contributed by atoms with E-state index in [1.54, 1.807) is 11.3 Å². The molecule has 34 heavy (non-hydrogen) atoms. The number of hydrogen-bond donors (Lipinski definition) is 0. The van der Waals surface area contributed by atoms with Crippen molar-refractivity contribution in [1.29, 1.82) is 0 Å². The van der Waals surface area contributed by atoms with Crippen LogP contribution in [0.4, 0.5) is 11.4 Å². The molecule has 1 aromatic heterocycles. The van der Waals surface area contributed by atoms with Crippen molar-refractivity contribution in [1.82, 2.24) is 0 Å². The Hall–Kier alpha value is -3.13. The van der Waals surface area contributed by atoms with Crippen LogP contribution >= 0.6 is 11.3 Å². The van der Waals surface area contributed by atoms with Crippen LogP contribution in [0.2, 0.25) is 0 Å². The monoisotopic (exact) mass is 479 g/mol. The van der Waals surface area contributed by atoms with Crippen LogP contribution in [0.1, 0.15) is 59.1 Å². The van der Waals surface area contributed by atoms with Crippen molar-refractivity contribution in [2.75, 3.05) is 30.1 Å². The lowest BCUT2D eigenvalue weighted by molar-refractivity contribution is -0.138. The summed E-state index contributed by atoms with van der Waals surface area (Å²) in [6.45, 7) is 4.42. The summed E-state index contributed by atoms with van der Waals surface area (Å²) in [5.41, 5.74) is 3.65. The van der Waals surface area contributed by atoms with Crippen molar-refractivity contribution in [2.24, 2.45) is 4.99 Å². The average molecular weight is 480 g/mol. The Morgan fingerprint density at radius 3 is 2.56 bits per heavy atom. The van der Waals surface area contributed by atoms with Crippen molar-refractivity contribution in [3.8, 4) is 0 Å². The largest absolute Gasteiger partial charge is 0.465 e. The molecule has 0 bridgehead atoms. The summed E-state index contributed by atoms with van der Waals surface area (Å²) >= 11 is 1.64. The summed E-state index contributed by atoms with van der Waals surface area (Å²) in [5.74, 6) is 0.0729. The SMILES string of the molecule is CCOC(=O)C1=C(c2ccc(C)s2)N2C(=NC1)N(C1CCCCC1)c1ccc(C(=O)OC)cc12. The molecule has 0 radical (unpaired) electrons. The van der Waals surface area contributed by atoms with E-state index >= 15 is 0 Å². The molecule has 0 atom stereocenters. The zero-order valence-electron chi connectivity index (χ0n) is 19.8. The van der Waals surface area contributed by atoms with Gasteiger partial charge < -0.3 is 14.4 Å². The minimum Gasteiger partial charge on any atom is -0.465 e. The molecule has 2 aromatic rings. The first-order valence-corrected chi connectivity index (χ1v) is 12.7. The Morgan fingerprint density at radius 1 is 1.09 bits per heavy atom. The van der Waals surface area contributed by atoms with Gasteiger partial charge in [0.05, 0.1) is 53.3 Å². The molecule has 1 aromatic carbocycles. The predicted molar refractivity (Wildman–Crippen MR) is 135 cm³/mol. The van der Waals surface area contributed by atoms with E-state index in [2.05, 4.69) is 22.8 Å². The van der Waals surface area contributed by atoms with Gasteiger partial charge in [0.15, 0.2) is 0 Å². The van der Waals surface area contributed by atoms with Gasteiger partial charge in [0.1, 0.15) is 0 Å². The number of esters is 2. The number of anilines is 2. The Morgan fingerprint density at radius 2 is 1.88 bits per heavy atom. The summed E-state index contributed by atoms with van der Waals surface area (Å²) in [6.07, 6.45) is 5.80. The van der Waals surface area contributed by atoms with Gasteiger partial charge in [-0.3, -0.25) is 4.90 Å². The van der Waals surface area contributed by atoms with Gasteiger partial charge in [-0.15, -0.1) is 11.3 Å². The number of guanidine groups is 1. The lowest BCUT2D eigenvalue weighted by Crippen LogP contribution is -2.46. The predicted octanol–water partition coefficient (Wildman–Crippen LogP) is 5.15. The molecule has 178 valence electrons. The van der Waals surface area contributed by atoms with Gasteiger partial charge in [-0.2, -0.15) is 0 Å². The molecular formula is C26H29N3O4S. The highest BCUT2D eigenvalue weighted by Gasteiger charge is 2.43. The maximum Gasteiger partial charge on any atom is 0.338 e. The highest BCUT2D eigenvalue weighted by molar-refractivity contribution is 7.13. The van der Waals surface area contributed by atoms with E-state index in [1.165, 1.54) is 26.4 Å². The van der Waals surface area contributed by atoms with Gasteiger partial charge in [-0.1, -0.05) is 19.3 Å². The van der Waals surface area contributed by atoms with Gasteiger partial charge >= 0.3 is 11.9 Å². The summed E-state index contributed by atoms with van der Waals surface area (Å²) in [7, 11) is 1.39. The Kier molecular flexibility index (Phi) is 6.16. The van der Waals surface area contributed by atoms with Gasteiger partial charge in [-0.25, -0.2) is 14.6 Å². The average Bonchev–Trinajstić information content (AvgIpc) is 3.44. The number of benzene rings is 1. The quantitative estimate of drug-likeness (QED) is 0.553. The third kappa shape index (κ3) is 3.79. The molecule has 1 fully saturated rings. The van der Waals surface area contributed by atoms with Crippen LogP contribution in [-0.2, 0) is 14.3 Å². The molecule has 0 saturated heterocycles. The van der Waals surface area contributed by atoms with Crippen LogP contribution in [0.25, 0.3) is 5.70 Å². The number of thiophene rings is 1. The second kappa shape index (κ2) is 9.25. The fourth-order valence-corrected chi connectivity index (χ4v) is 6.03. The fraction of sp³-hybridized carbons (Fsp3) is 0.423. The Labute approximate surface area is 203 Å². The maximum atomic E-state index is 13.0. The van der Waals surface area contributed by atoms with E-state index in [0.717, 1.165) is 45.6 Å². The maximum absolute atomic E-state index is 13.0. The van der Waals surface area contributed by atoms with Gasteiger partial charge in [0, 0.05) is 10.9 Å². The van der Waals surface area contributed by atoms with E-state index in [1.807, 2.05) is 31.2 Å². The Balaban J connectivity index is 1.71. The first-order chi connectivity index (χ1) is 16.5.